The van der Waals surface area contributed by atoms with Crippen molar-refractivity contribution >= 4 is 11.8 Å². The lowest BCUT2D eigenvalue weighted by Gasteiger charge is -2.33. The molecule has 120 valence electrons. The van der Waals surface area contributed by atoms with Gasteiger partial charge < -0.3 is 10.2 Å². The summed E-state index contributed by atoms with van der Waals surface area (Å²) in [4.78, 5) is 25.9. The van der Waals surface area contributed by atoms with Gasteiger partial charge in [-0.1, -0.05) is 37.0 Å². The number of carbonyl (C=O) groups excluding carboxylic acids is 2. The van der Waals surface area contributed by atoms with Crippen LogP contribution in [0.5, 0.6) is 0 Å². The number of nitrogens with one attached hydrogen (secondary N) is 1. The van der Waals surface area contributed by atoms with Crippen LogP contribution in [0.4, 0.5) is 0 Å². The van der Waals surface area contributed by atoms with Crippen LogP contribution < -0.4 is 5.32 Å². The largest absolute Gasteiger partial charge is 0.350 e. The number of hydrogen-bond acceptors (Lipinski definition) is 2. The van der Waals surface area contributed by atoms with Crippen LogP contribution in [0.1, 0.15) is 54.9 Å². The van der Waals surface area contributed by atoms with Gasteiger partial charge in [-0.15, -0.1) is 0 Å². The van der Waals surface area contributed by atoms with Crippen LogP contribution in [0, 0.1) is 6.92 Å². The van der Waals surface area contributed by atoms with Crippen molar-refractivity contribution in [1.82, 2.24) is 10.2 Å². The summed E-state index contributed by atoms with van der Waals surface area (Å²) >= 11 is 0. The highest BCUT2D eigenvalue weighted by molar-refractivity contribution is 5.94. The van der Waals surface area contributed by atoms with Crippen molar-refractivity contribution in [3.63, 3.8) is 0 Å². The normalized spacial score (nSPS) is 15.4. The van der Waals surface area contributed by atoms with Gasteiger partial charge >= 0.3 is 0 Å². The number of carbonyl (C=O) groups is 2. The summed E-state index contributed by atoms with van der Waals surface area (Å²) in [5.74, 6) is 0.0348. The molecular weight excluding hydrogens is 276 g/mol. The Bertz CT molecular complexity index is 522. The minimum Gasteiger partial charge on any atom is -0.350 e. The fraction of sp³-hybridized carbons (Fsp3) is 0.556. The summed E-state index contributed by atoms with van der Waals surface area (Å²) in [5.41, 5.74) is 1.74. The Morgan fingerprint density at radius 2 is 1.95 bits per heavy atom. The molecule has 1 fully saturated rings. The van der Waals surface area contributed by atoms with Crippen molar-refractivity contribution in [1.29, 1.82) is 0 Å². The van der Waals surface area contributed by atoms with E-state index >= 15 is 0 Å². The zero-order valence-corrected chi connectivity index (χ0v) is 13.6. The highest BCUT2D eigenvalue weighted by Crippen LogP contribution is 2.22. The van der Waals surface area contributed by atoms with E-state index in [1.165, 1.54) is 19.3 Å². The number of benzene rings is 1. The van der Waals surface area contributed by atoms with Gasteiger partial charge in [0, 0.05) is 31.6 Å². The van der Waals surface area contributed by atoms with Gasteiger partial charge in [-0.05, 0) is 31.9 Å². The SMILES string of the molecule is CC(=O)N(CCNC(=O)c1cccc(C)c1)C1CCCCC1. The Balaban J connectivity index is 1.85. The van der Waals surface area contributed by atoms with Crippen LogP contribution in [0.2, 0.25) is 0 Å². The molecule has 0 aromatic heterocycles. The van der Waals surface area contributed by atoms with Gasteiger partial charge in [0.25, 0.3) is 5.91 Å². The van der Waals surface area contributed by atoms with Crippen molar-refractivity contribution in [2.45, 2.75) is 52.0 Å². The molecule has 1 aliphatic carbocycles. The van der Waals surface area contributed by atoms with Gasteiger partial charge in [0.2, 0.25) is 5.91 Å². The summed E-state index contributed by atoms with van der Waals surface area (Å²) in [6.45, 7) is 4.69. The molecular formula is C18H26N2O2. The lowest BCUT2D eigenvalue weighted by Crippen LogP contribution is -2.44. The van der Waals surface area contributed by atoms with Gasteiger partial charge in [-0.2, -0.15) is 0 Å². The standard InChI is InChI=1S/C18H26N2O2/c1-14-7-6-8-16(13-14)18(22)19-11-12-20(15(2)21)17-9-4-3-5-10-17/h6-8,13,17H,3-5,9-12H2,1-2H3,(H,19,22). The molecule has 0 atom stereocenters. The first kappa shape index (κ1) is 16.5. The van der Waals surface area contributed by atoms with Crippen molar-refractivity contribution in [3.05, 3.63) is 35.4 Å². The summed E-state index contributed by atoms with van der Waals surface area (Å²) in [7, 11) is 0. The van der Waals surface area contributed by atoms with Gasteiger partial charge in [-0.25, -0.2) is 0 Å². The summed E-state index contributed by atoms with van der Waals surface area (Å²) < 4.78 is 0. The van der Waals surface area contributed by atoms with E-state index in [1.54, 1.807) is 6.92 Å². The number of hydrogen-bond donors (Lipinski definition) is 1. The molecule has 2 rings (SSSR count). The number of rotatable bonds is 5. The second-order valence-electron chi connectivity index (χ2n) is 6.13. The van der Waals surface area contributed by atoms with E-state index in [1.807, 2.05) is 36.1 Å². The highest BCUT2D eigenvalue weighted by atomic mass is 16.2. The Morgan fingerprint density at radius 1 is 1.23 bits per heavy atom. The number of amides is 2. The lowest BCUT2D eigenvalue weighted by molar-refractivity contribution is -0.131. The zero-order chi connectivity index (χ0) is 15.9. The Kier molecular flexibility index (Phi) is 5.99. The first-order valence-electron chi connectivity index (χ1n) is 8.20. The van der Waals surface area contributed by atoms with E-state index in [4.69, 9.17) is 0 Å². The second kappa shape index (κ2) is 7.97. The van der Waals surface area contributed by atoms with E-state index < -0.39 is 0 Å². The second-order valence-corrected chi connectivity index (χ2v) is 6.13. The maximum Gasteiger partial charge on any atom is 0.251 e. The fourth-order valence-electron chi connectivity index (χ4n) is 3.17. The van der Waals surface area contributed by atoms with E-state index in [-0.39, 0.29) is 11.8 Å². The van der Waals surface area contributed by atoms with E-state index in [0.717, 1.165) is 18.4 Å². The smallest absolute Gasteiger partial charge is 0.251 e. The monoisotopic (exact) mass is 302 g/mol. The van der Waals surface area contributed by atoms with Crippen molar-refractivity contribution < 1.29 is 9.59 Å². The summed E-state index contributed by atoms with van der Waals surface area (Å²) in [6, 6.07) is 7.89. The summed E-state index contributed by atoms with van der Waals surface area (Å²) in [6.07, 6.45) is 5.84. The average Bonchev–Trinajstić information content (AvgIpc) is 2.52. The molecule has 1 aliphatic rings. The molecule has 0 spiro atoms. The van der Waals surface area contributed by atoms with E-state index in [9.17, 15) is 9.59 Å². The molecule has 1 aromatic carbocycles. The third kappa shape index (κ3) is 4.58. The molecule has 4 nitrogen and oxygen atoms in total. The first-order chi connectivity index (χ1) is 10.6. The van der Waals surface area contributed by atoms with Gasteiger partial charge in [0.05, 0.1) is 0 Å². The van der Waals surface area contributed by atoms with Crippen LogP contribution in [-0.2, 0) is 4.79 Å². The number of nitrogens with zero attached hydrogens (tertiary/aromatic N) is 1. The molecule has 0 heterocycles. The van der Waals surface area contributed by atoms with Crippen LogP contribution in [-0.4, -0.2) is 35.8 Å². The Labute approximate surface area is 132 Å². The first-order valence-corrected chi connectivity index (χ1v) is 8.20. The third-order valence-corrected chi connectivity index (χ3v) is 4.34. The molecule has 0 radical (unpaired) electrons. The minimum absolute atomic E-state index is 0.0733. The van der Waals surface area contributed by atoms with Crippen molar-refractivity contribution in [3.8, 4) is 0 Å². The molecule has 2 amide bonds. The molecule has 4 heteroatoms. The maximum absolute atomic E-state index is 12.1. The van der Waals surface area contributed by atoms with Crippen LogP contribution in [0.3, 0.4) is 0 Å². The maximum atomic E-state index is 12.1. The lowest BCUT2D eigenvalue weighted by atomic mass is 9.94. The molecule has 0 bridgehead atoms. The Hall–Kier alpha value is -1.84. The fourth-order valence-corrected chi connectivity index (χ4v) is 3.17. The highest BCUT2D eigenvalue weighted by Gasteiger charge is 2.22. The average molecular weight is 302 g/mol. The molecule has 0 unspecified atom stereocenters. The molecule has 1 N–H and O–H groups in total. The topological polar surface area (TPSA) is 49.4 Å². The molecule has 0 aliphatic heterocycles. The van der Waals surface area contributed by atoms with Gasteiger partial charge in [0.1, 0.15) is 0 Å². The molecule has 0 saturated heterocycles. The van der Waals surface area contributed by atoms with Crippen molar-refractivity contribution in [2.75, 3.05) is 13.1 Å². The predicted octanol–water partition coefficient (Wildman–Crippen LogP) is 2.91. The quantitative estimate of drug-likeness (QED) is 0.909. The van der Waals surface area contributed by atoms with Crippen LogP contribution >= 0.6 is 0 Å². The van der Waals surface area contributed by atoms with Crippen LogP contribution in [0.25, 0.3) is 0 Å². The zero-order valence-electron chi connectivity index (χ0n) is 13.6. The van der Waals surface area contributed by atoms with E-state index in [2.05, 4.69) is 5.32 Å². The van der Waals surface area contributed by atoms with Crippen LogP contribution in [0.15, 0.2) is 24.3 Å². The number of aryl methyl sites for hydroxylation is 1. The molecule has 1 aromatic rings. The molecule has 1 saturated carbocycles. The third-order valence-electron chi connectivity index (χ3n) is 4.34. The van der Waals surface area contributed by atoms with Gasteiger partial charge in [-0.3, -0.25) is 9.59 Å². The minimum atomic E-state index is -0.0733. The Morgan fingerprint density at radius 3 is 2.59 bits per heavy atom. The van der Waals surface area contributed by atoms with Crippen molar-refractivity contribution in [2.24, 2.45) is 0 Å². The van der Waals surface area contributed by atoms with Gasteiger partial charge in [0.15, 0.2) is 0 Å². The van der Waals surface area contributed by atoms with E-state index in [0.29, 0.717) is 24.7 Å². The molecule has 22 heavy (non-hydrogen) atoms. The summed E-state index contributed by atoms with van der Waals surface area (Å²) in [5, 5.41) is 2.92. The predicted molar refractivity (Wildman–Crippen MR) is 87.8 cm³/mol.